The molecule has 6 nitrogen and oxygen atoms in total. The maximum Gasteiger partial charge on any atom is 0.326 e. The van der Waals surface area contributed by atoms with Gasteiger partial charge in [-0.2, -0.15) is 12.6 Å². The number of carbonyl (C=O) groups excluding carboxylic acids is 1. The minimum absolute atomic E-state index is 0.0649. The highest BCUT2D eigenvalue weighted by Gasteiger charge is 2.36. The summed E-state index contributed by atoms with van der Waals surface area (Å²) in [6.45, 7) is 0.295. The van der Waals surface area contributed by atoms with Gasteiger partial charge >= 0.3 is 5.97 Å². The van der Waals surface area contributed by atoms with E-state index >= 15 is 0 Å². The van der Waals surface area contributed by atoms with E-state index in [-0.39, 0.29) is 35.5 Å². The molecule has 0 aliphatic carbocycles. The van der Waals surface area contributed by atoms with Gasteiger partial charge in [-0.1, -0.05) is 6.07 Å². The Balaban J connectivity index is 2.19. The smallest absolute Gasteiger partial charge is 0.326 e. The number of carboxylic acid groups (broad SMARTS) is 1. The third-order valence-electron chi connectivity index (χ3n) is 3.27. The fourth-order valence-electron chi connectivity index (χ4n) is 2.26. The van der Waals surface area contributed by atoms with Crippen LogP contribution in [0.3, 0.4) is 0 Å². The molecule has 20 heavy (non-hydrogen) atoms. The number of thiol groups is 1. The third-order valence-corrected chi connectivity index (χ3v) is 3.61. The highest BCUT2D eigenvalue weighted by molar-refractivity contribution is 7.81. The molecular weight excluding hydrogens is 282 g/mol. The number of hydrogen-bond acceptors (Lipinski definition) is 5. The van der Waals surface area contributed by atoms with Gasteiger partial charge in [0.2, 0.25) is 5.91 Å². The van der Waals surface area contributed by atoms with E-state index in [4.69, 9.17) is 0 Å². The number of phenolic OH excluding ortho intramolecular Hbond substituents is 2. The van der Waals surface area contributed by atoms with Gasteiger partial charge in [0.15, 0.2) is 11.5 Å². The third kappa shape index (κ3) is 2.98. The molecule has 2 unspecified atom stereocenters. The number of likely N-dealkylation sites (tertiary alicyclic amines) is 1. The Bertz CT molecular complexity index is 548. The number of aromatic hydroxyl groups is 2. The first kappa shape index (κ1) is 14.5. The quantitative estimate of drug-likeness (QED) is 0.482. The number of benzene rings is 1. The molecule has 1 aromatic carbocycles. The van der Waals surface area contributed by atoms with Gasteiger partial charge in [-0.25, -0.2) is 4.79 Å². The lowest BCUT2D eigenvalue weighted by Crippen LogP contribution is -2.43. The van der Waals surface area contributed by atoms with Crippen molar-refractivity contribution < 1.29 is 24.9 Å². The molecule has 1 aliphatic heterocycles. The second kappa shape index (κ2) is 5.62. The van der Waals surface area contributed by atoms with Gasteiger partial charge in [-0.15, -0.1) is 0 Å². The predicted molar refractivity (Wildman–Crippen MR) is 74.0 cm³/mol. The Morgan fingerprint density at radius 1 is 1.40 bits per heavy atom. The molecule has 1 aliphatic rings. The zero-order chi connectivity index (χ0) is 14.9. The first-order valence-electron chi connectivity index (χ1n) is 6.09. The number of carbonyl (C=O) groups is 2. The summed E-state index contributed by atoms with van der Waals surface area (Å²) < 4.78 is 0. The van der Waals surface area contributed by atoms with Crippen LogP contribution in [0, 0.1) is 0 Å². The van der Waals surface area contributed by atoms with Crippen LogP contribution in [0.5, 0.6) is 11.5 Å². The zero-order valence-electron chi connectivity index (χ0n) is 10.6. The fraction of sp³-hybridized carbons (Fsp3) is 0.385. The van der Waals surface area contributed by atoms with Gasteiger partial charge in [0, 0.05) is 24.6 Å². The van der Waals surface area contributed by atoms with Gasteiger partial charge in [0.1, 0.15) is 6.04 Å². The lowest BCUT2D eigenvalue weighted by atomic mass is 10.0. The van der Waals surface area contributed by atoms with Crippen molar-refractivity contribution in [3.63, 3.8) is 0 Å². The molecule has 1 amide bonds. The molecule has 2 rings (SSSR count). The molecule has 3 N–H and O–H groups in total. The molecule has 1 saturated heterocycles. The highest BCUT2D eigenvalue weighted by Crippen LogP contribution is 2.27. The number of carboxylic acids is 1. The lowest BCUT2D eigenvalue weighted by Gasteiger charge is -2.24. The van der Waals surface area contributed by atoms with Crippen molar-refractivity contribution in [2.75, 3.05) is 6.54 Å². The number of aliphatic carboxylic acids is 1. The molecule has 108 valence electrons. The average Bonchev–Trinajstić information content (AvgIpc) is 2.69. The number of hydrogen-bond donors (Lipinski definition) is 4. The van der Waals surface area contributed by atoms with Gasteiger partial charge in [0.05, 0.1) is 0 Å². The number of amides is 1. The molecule has 0 bridgehead atoms. The first-order valence-corrected chi connectivity index (χ1v) is 6.61. The minimum atomic E-state index is -1.10. The Labute approximate surface area is 121 Å². The van der Waals surface area contributed by atoms with Crippen molar-refractivity contribution in [3.8, 4) is 11.5 Å². The van der Waals surface area contributed by atoms with Crippen LogP contribution in [0.25, 0.3) is 0 Å². The lowest BCUT2D eigenvalue weighted by molar-refractivity contribution is -0.148. The molecular formula is C13H15NO5S. The van der Waals surface area contributed by atoms with Crippen LogP contribution in [0.4, 0.5) is 0 Å². The second-order valence-corrected chi connectivity index (χ2v) is 5.52. The molecule has 2 atom stereocenters. The maximum atomic E-state index is 11.8. The normalized spacial score (nSPS) is 20.1. The summed E-state index contributed by atoms with van der Waals surface area (Å²) in [4.78, 5) is 24.4. The monoisotopic (exact) mass is 297 g/mol. The number of rotatable bonds is 4. The SMILES string of the molecule is O=C(O)C(Cc1ccc(O)c(O)c1)N1CC(S)CC1=O. The summed E-state index contributed by atoms with van der Waals surface area (Å²) in [5.41, 5.74) is 0.531. The van der Waals surface area contributed by atoms with Crippen molar-refractivity contribution in [1.29, 1.82) is 0 Å². The van der Waals surface area contributed by atoms with Crippen LogP contribution in [0.1, 0.15) is 12.0 Å². The summed E-state index contributed by atoms with van der Waals surface area (Å²) in [5, 5.41) is 27.8. The van der Waals surface area contributed by atoms with E-state index in [9.17, 15) is 24.9 Å². The maximum absolute atomic E-state index is 11.8. The first-order chi connectivity index (χ1) is 9.38. The van der Waals surface area contributed by atoms with E-state index in [1.165, 1.54) is 23.1 Å². The molecule has 0 saturated carbocycles. The van der Waals surface area contributed by atoms with Gasteiger partial charge in [-0.05, 0) is 17.7 Å². The largest absolute Gasteiger partial charge is 0.504 e. The van der Waals surface area contributed by atoms with Crippen LogP contribution in [-0.2, 0) is 16.0 Å². The van der Waals surface area contributed by atoms with Crippen LogP contribution in [0.15, 0.2) is 18.2 Å². The van der Waals surface area contributed by atoms with Crippen molar-refractivity contribution >= 4 is 24.5 Å². The summed E-state index contributed by atoms with van der Waals surface area (Å²) in [7, 11) is 0. The molecule has 7 heteroatoms. The van der Waals surface area contributed by atoms with E-state index < -0.39 is 12.0 Å². The van der Waals surface area contributed by atoms with Crippen LogP contribution in [0.2, 0.25) is 0 Å². The van der Waals surface area contributed by atoms with E-state index in [0.717, 1.165) is 0 Å². The van der Waals surface area contributed by atoms with Crippen LogP contribution < -0.4 is 0 Å². The molecule has 1 aromatic rings. The fourth-order valence-corrected chi connectivity index (χ4v) is 2.60. The standard InChI is InChI=1S/C13H15NO5S/c15-10-2-1-7(4-11(10)16)3-9(13(18)19)14-6-8(20)5-12(14)17/h1-2,4,8-9,15-16,20H,3,5-6H2,(H,18,19). The van der Waals surface area contributed by atoms with E-state index in [2.05, 4.69) is 12.6 Å². The van der Waals surface area contributed by atoms with Crippen LogP contribution in [-0.4, -0.2) is 49.9 Å². The Morgan fingerprint density at radius 2 is 2.10 bits per heavy atom. The van der Waals surface area contributed by atoms with Gasteiger partial charge < -0.3 is 20.2 Å². The topological polar surface area (TPSA) is 98.1 Å². The van der Waals surface area contributed by atoms with Crippen molar-refractivity contribution in [3.05, 3.63) is 23.8 Å². The minimum Gasteiger partial charge on any atom is -0.504 e. The summed E-state index contributed by atoms with van der Waals surface area (Å²) in [5.74, 6) is -1.92. The molecule has 0 aromatic heterocycles. The predicted octanol–water partition coefficient (Wildman–Crippen LogP) is 0.624. The Hall–Kier alpha value is -1.89. The summed E-state index contributed by atoms with van der Waals surface area (Å²) in [6, 6.07) is 3.11. The molecule has 1 fully saturated rings. The van der Waals surface area contributed by atoms with Crippen LogP contribution >= 0.6 is 12.6 Å². The number of nitrogens with zero attached hydrogens (tertiary/aromatic N) is 1. The van der Waals surface area contributed by atoms with Crippen molar-refractivity contribution in [2.24, 2.45) is 0 Å². The van der Waals surface area contributed by atoms with Gasteiger partial charge in [0.25, 0.3) is 0 Å². The van der Waals surface area contributed by atoms with E-state index in [0.29, 0.717) is 12.1 Å². The van der Waals surface area contributed by atoms with Crippen molar-refractivity contribution in [2.45, 2.75) is 24.1 Å². The molecule has 1 heterocycles. The zero-order valence-corrected chi connectivity index (χ0v) is 11.5. The second-order valence-electron chi connectivity index (χ2n) is 4.79. The highest BCUT2D eigenvalue weighted by atomic mass is 32.1. The summed E-state index contributed by atoms with van der Waals surface area (Å²) >= 11 is 4.20. The van der Waals surface area contributed by atoms with E-state index in [1.54, 1.807) is 0 Å². The summed E-state index contributed by atoms with van der Waals surface area (Å²) in [6.07, 6.45) is 0.295. The van der Waals surface area contributed by atoms with E-state index in [1.807, 2.05) is 0 Å². The Morgan fingerprint density at radius 3 is 2.60 bits per heavy atom. The van der Waals surface area contributed by atoms with Gasteiger partial charge in [-0.3, -0.25) is 4.79 Å². The molecule has 0 radical (unpaired) electrons. The number of phenols is 2. The Kier molecular flexibility index (Phi) is 4.08. The molecule has 0 spiro atoms. The van der Waals surface area contributed by atoms with Crippen molar-refractivity contribution in [1.82, 2.24) is 4.90 Å². The average molecular weight is 297 g/mol.